The van der Waals surface area contributed by atoms with Crippen molar-refractivity contribution in [3.05, 3.63) is 73.3 Å². The molecule has 0 spiro atoms. The van der Waals surface area contributed by atoms with Gasteiger partial charge in [-0.25, -0.2) is 0 Å². The van der Waals surface area contributed by atoms with Gasteiger partial charge in [-0.2, -0.15) is 0 Å². The van der Waals surface area contributed by atoms with Crippen LogP contribution in [0.4, 0.5) is 0 Å². The summed E-state index contributed by atoms with van der Waals surface area (Å²) in [6.45, 7) is 17.2. The summed E-state index contributed by atoms with van der Waals surface area (Å²) < 4.78 is 7.19. The molecule has 164 valence electrons. The monoisotopic (exact) mass is 424 g/mol. The van der Waals surface area contributed by atoms with Gasteiger partial charge in [0.1, 0.15) is 0 Å². The van der Waals surface area contributed by atoms with Gasteiger partial charge in [-0.3, -0.25) is 0 Å². The van der Waals surface area contributed by atoms with E-state index in [4.69, 9.17) is 4.43 Å². The predicted octanol–water partition coefficient (Wildman–Crippen LogP) is 5.55. The molecule has 2 rings (SSSR count). The van der Waals surface area contributed by atoms with E-state index in [9.17, 15) is 5.11 Å². The summed E-state index contributed by atoms with van der Waals surface area (Å²) in [6.07, 6.45) is 3.27. The smallest absolute Gasteiger partial charge is 0.261 e. The van der Waals surface area contributed by atoms with Gasteiger partial charge >= 0.3 is 0 Å². The molecule has 0 heterocycles. The second-order valence-corrected chi connectivity index (χ2v) is 14.0. The minimum atomic E-state index is -2.54. The van der Waals surface area contributed by atoms with E-state index in [1.165, 1.54) is 10.4 Å². The Balaban J connectivity index is 2.37. The summed E-state index contributed by atoms with van der Waals surface area (Å²) in [5.74, 6) is 0.461. The average molecular weight is 425 g/mol. The van der Waals surface area contributed by atoms with Gasteiger partial charge in [0, 0.05) is 6.10 Å². The molecule has 0 saturated heterocycles. The van der Waals surface area contributed by atoms with E-state index in [1.54, 1.807) is 0 Å². The van der Waals surface area contributed by atoms with Crippen LogP contribution in [0.2, 0.25) is 5.04 Å². The summed E-state index contributed by atoms with van der Waals surface area (Å²) in [5, 5.41) is 13.0. The molecule has 1 N–H and O–H groups in total. The fourth-order valence-corrected chi connectivity index (χ4v) is 8.98. The second-order valence-electron chi connectivity index (χ2n) is 9.70. The third kappa shape index (κ3) is 5.51. The maximum atomic E-state index is 10.4. The van der Waals surface area contributed by atoms with Crippen molar-refractivity contribution in [3.63, 3.8) is 0 Å². The van der Waals surface area contributed by atoms with Crippen molar-refractivity contribution in [1.82, 2.24) is 0 Å². The quantitative estimate of drug-likeness (QED) is 0.400. The number of rotatable bonds is 10. The van der Waals surface area contributed by atoms with E-state index in [-0.39, 0.29) is 23.2 Å². The van der Waals surface area contributed by atoms with Gasteiger partial charge in [-0.1, -0.05) is 101 Å². The fraction of sp³-hybridized carbons (Fsp3) is 0.481. The zero-order valence-corrected chi connectivity index (χ0v) is 20.6. The first-order valence-corrected chi connectivity index (χ1v) is 13.1. The van der Waals surface area contributed by atoms with Crippen LogP contribution in [0.5, 0.6) is 0 Å². The highest BCUT2D eigenvalue weighted by Gasteiger charge is 2.51. The van der Waals surface area contributed by atoms with Crippen LogP contribution in [0, 0.1) is 11.8 Å². The molecule has 2 aromatic carbocycles. The van der Waals surface area contributed by atoms with E-state index in [0.717, 1.165) is 12.8 Å². The Morgan fingerprint density at radius 2 is 1.37 bits per heavy atom. The zero-order chi connectivity index (χ0) is 22.4. The Morgan fingerprint density at radius 1 is 0.900 bits per heavy atom. The SMILES string of the molecule is C=C[C@@H](C)[C@@H](O)CC[C@H](C)[C@@H](C)O[Si](c1ccccc1)(c1ccccc1)C(C)(C)C. The standard InChI is InChI=1S/C27H40O2Si/c1-8-21(2)26(28)20-19-22(3)23(4)29-30(27(5,6)7,24-15-11-9-12-16-24)25-17-13-10-14-18-25/h8-18,21-23,26,28H,1,19-20H2,2-7H3/t21-,22+,23-,26+/m1/s1. The Bertz CT molecular complexity index is 727. The van der Waals surface area contributed by atoms with E-state index in [2.05, 4.69) is 102 Å². The third-order valence-electron chi connectivity index (χ3n) is 6.48. The predicted molar refractivity (Wildman–Crippen MR) is 132 cm³/mol. The number of hydrogen-bond acceptors (Lipinski definition) is 2. The molecule has 3 heteroatoms. The van der Waals surface area contributed by atoms with Crippen molar-refractivity contribution in [2.75, 3.05) is 0 Å². The van der Waals surface area contributed by atoms with Crippen molar-refractivity contribution in [3.8, 4) is 0 Å². The van der Waals surface area contributed by atoms with Crippen LogP contribution in [-0.4, -0.2) is 25.6 Å². The zero-order valence-electron chi connectivity index (χ0n) is 19.6. The first kappa shape index (κ1) is 24.6. The molecule has 0 aromatic heterocycles. The maximum Gasteiger partial charge on any atom is 0.261 e. The van der Waals surface area contributed by atoms with Crippen LogP contribution in [0.3, 0.4) is 0 Å². The first-order valence-electron chi connectivity index (χ1n) is 11.2. The molecular formula is C27H40O2Si. The Kier molecular flexibility index (Phi) is 8.66. The lowest BCUT2D eigenvalue weighted by atomic mass is 9.93. The van der Waals surface area contributed by atoms with E-state index >= 15 is 0 Å². The molecule has 0 unspecified atom stereocenters. The van der Waals surface area contributed by atoms with E-state index in [1.807, 2.05) is 13.0 Å². The number of aliphatic hydroxyl groups excluding tert-OH is 1. The molecule has 0 amide bonds. The van der Waals surface area contributed by atoms with Gasteiger partial charge in [0.2, 0.25) is 0 Å². The van der Waals surface area contributed by atoms with Crippen LogP contribution in [0.15, 0.2) is 73.3 Å². The molecule has 4 atom stereocenters. The third-order valence-corrected chi connectivity index (χ3v) is 11.6. The van der Waals surface area contributed by atoms with Gasteiger partial charge in [-0.05, 0) is 47.0 Å². The fourth-order valence-electron chi connectivity index (χ4n) is 4.17. The van der Waals surface area contributed by atoms with Crippen LogP contribution in [-0.2, 0) is 4.43 Å². The van der Waals surface area contributed by atoms with Gasteiger partial charge < -0.3 is 9.53 Å². The van der Waals surface area contributed by atoms with E-state index < -0.39 is 8.32 Å². The first-order chi connectivity index (χ1) is 14.1. The maximum absolute atomic E-state index is 10.4. The van der Waals surface area contributed by atoms with Crippen molar-refractivity contribution in [2.45, 2.75) is 71.6 Å². The van der Waals surface area contributed by atoms with E-state index in [0.29, 0.717) is 5.92 Å². The Hall–Kier alpha value is -1.68. The van der Waals surface area contributed by atoms with Crippen LogP contribution in [0.25, 0.3) is 0 Å². The van der Waals surface area contributed by atoms with Crippen LogP contribution < -0.4 is 10.4 Å². The van der Waals surface area contributed by atoms with Gasteiger partial charge in [0.05, 0.1) is 6.10 Å². The highest BCUT2D eigenvalue weighted by atomic mass is 28.4. The molecule has 30 heavy (non-hydrogen) atoms. The molecule has 2 aromatic rings. The van der Waals surface area contributed by atoms with Crippen molar-refractivity contribution < 1.29 is 9.53 Å². The van der Waals surface area contributed by atoms with Gasteiger partial charge in [-0.15, -0.1) is 6.58 Å². The summed E-state index contributed by atoms with van der Waals surface area (Å²) in [4.78, 5) is 0. The van der Waals surface area contributed by atoms with Gasteiger partial charge in [0.25, 0.3) is 8.32 Å². The molecule has 0 fully saturated rings. The Labute approximate surface area is 185 Å². The molecule has 0 bridgehead atoms. The topological polar surface area (TPSA) is 29.5 Å². The molecule has 0 aliphatic carbocycles. The Morgan fingerprint density at radius 3 is 1.77 bits per heavy atom. The summed E-state index contributed by atoms with van der Waals surface area (Å²) in [5.41, 5.74) is 0. The summed E-state index contributed by atoms with van der Waals surface area (Å²) in [6, 6.07) is 21.6. The van der Waals surface area contributed by atoms with Crippen LogP contribution in [0.1, 0.15) is 54.4 Å². The molecule has 0 aliphatic heterocycles. The largest absolute Gasteiger partial charge is 0.404 e. The minimum Gasteiger partial charge on any atom is -0.404 e. The molecule has 0 saturated carbocycles. The summed E-state index contributed by atoms with van der Waals surface area (Å²) in [7, 11) is -2.54. The highest BCUT2D eigenvalue weighted by Crippen LogP contribution is 2.38. The lowest BCUT2D eigenvalue weighted by Gasteiger charge is -2.45. The lowest BCUT2D eigenvalue weighted by molar-refractivity contribution is 0.0971. The molecule has 2 nitrogen and oxygen atoms in total. The highest BCUT2D eigenvalue weighted by molar-refractivity contribution is 6.99. The van der Waals surface area contributed by atoms with Crippen LogP contribution >= 0.6 is 0 Å². The number of aliphatic hydroxyl groups is 1. The lowest BCUT2D eigenvalue weighted by Crippen LogP contribution is -2.67. The molecule has 0 radical (unpaired) electrons. The van der Waals surface area contributed by atoms with Crippen molar-refractivity contribution >= 4 is 18.7 Å². The van der Waals surface area contributed by atoms with Crippen molar-refractivity contribution in [1.29, 1.82) is 0 Å². The number of hydrogen-bond donors (Lipinski definition) is 1. The number of benzene rings is 2. The summed E-state index contributed by atoms with van der Waals surface area (Å²) >= 11 is 0. The van der Waals surface area contributed by atoms with Gasteiger partial charge in [0.15, 0.2) is 0 Å². The normalized spacial score (nSPS) is 16.5. The van der Waals surface area contributed by atoms with Crippen molar-refractivity contribution in [2.24, 2.45) is 11.8 Å². The second kappa shape index (κ2) is 10.6. The molecule has 0 aliphatic rings. The molecular weight excluding hydrogens is 384 g/mol. The average Bonchev–Trinajstić information content (AvgIpc) is 2.75. The minimum absolute atomic E-state index is 0.0272.